The van der Waals surface area contributed by atoms with Gasteiger partial charge in [0, 0.05) is 11.6 Å². The molecule has 2 N–H and O–H groups in total. The molecule has 0 radical (unpaired) electrons. The Morgan fingerprint density at radius 3 is 2.56 bits per heavy atom. The third kappa shape index (κ3) is 1.58. The van der Waals surface area contributed by atoms with Crippen LogP contribution in [0.15, 0.2) is 29.2 Å². The monoisotopic (exact) mass is 217 g/mol. The standard InChI is InChI=1S/C13H15NO2/c1-13(2,3)9-7-14-12(16)8-5-4-6-10(15)11(8)9/h4-7,15H,1-3H3,(H,14,16). The zero-order valence-electron chi connectivity index (χ0n) is 9.66. The molecule has 0 spiro atoms. The van der Waals surface area contributed by atoms with Crippen LogP contribution in [0.3, 0.4) is 0 Å². The molecule has 0 atom stereocenters. The molecule has 2 rings (SSSR count). The van der Waals surface area contributed by atoms with E-state index in [1.54, 1.807) is 24.4 Å². The summed E-state index contributed by atoms with van der Waals surface area (Å²) in [5, 5.41) is 11.1. The van der Waals surface area contributed by atoms with E-state index in [0.29, 0.717) is 10.8 Å². The van der Waals surface area contributed by atoms with Crippen LogP contribution in [-0.4, -0.2) is 10.1 Å². The van der Waals surface area contributed by atoms with Gasteiger partial charge in [0.25, 0.3) is 5.56 Å². The Balaban J connectivity index is 2.98. The third-order valence-electron chi connectivity index (χ3n) is 2.71. The molecule has 84 valence electrons. The van der Waals surface area contributed by atoms with Gasteiger partial charge in [-0.3, -0.25) is 4.79 Å². The van der Waals surface area contributed by atoms with Crippen LogP contribution in [-0.2, 0) is 5.41 Å². The number of H-pyrrole nitrogens is 1. The summed E-state index contributed by atoms with van der Waals surface area (Å²) in [7, 11) is 0. The highest BCUT2D eigenvalue weighted by atomic mass is 16.3. The smallest absolute Gasteiger partial charge is 0.255 e. The Morgan fingerprint density at radius 2 is 1.94 bits per heavy atom. The summed E-state index contributed by atoms with van der Waals surface area (Å²) >= 11 is 0. The quantitative estimate of drug-likeness (QED) is 0.712. The van der Waals surface area contributed by atoms with Crippen molar-refractivity contribution in [2.24, 2.45) is 0 Å². The predicted molar refractivity (Wildman–Crippen MR) is 64.9 cm³/mol. The first-order valence-electron chi connectivity index (χ1n) is 5.25. The molecule has 0 fully saturated rings. The summed E-state index contributed by atoms with van der Waals surface area (Å²) in [6, 6.07) is 5.01. The van der Waals surface area contributed by atoms with Crippen molar-refractivity contribution in [2.45, 2.75) is 26.2 Å². The van der Waals surface area contributed by atoms with E-state index in [0.717, 1.165) is 5.56 Å². The van der Waals surface area contributed by atoms with E-state index in [4.69, 9.17) is 0 Å². The van der Waals surface area contributed by atoms with Crippen molar-refractivity contribution in [1.82, 2.24) is 4.98 Å². The van der Waals surface area contributed by atoms with E-state index in [-0.39, 0.29) is 16.7 Å². The molecule has 16 heavy (non-hydrogen) atoms. The molecule has 0 saturated carbocycles. The molecule has 0 bridgehead atoms. The molecule has 0 amide bonds. The zero-order chi connectivity index (χ0) is 11.9. The third-order valence-corrected chi connectivity index (χ3v) is 2.71. The lowest BCUT2D eigenvalue weighted by Crippen LogP contribution is -2.16. The maximum atomic E-state index is 11.6. The lowest BCUT2D eigenvalue weighted by atomic mass is 9.85. The normalized spacial score (nSPS) is 11.9. The Bertz CT molecular complexity index is 591. The molecular formula is C13H15NO2. The summed E-state index contributed by atoms with van der Waals surface area (Å²) in [5.41, 5.74) is 0.653. The number of pyridine rings is 1. The Labute approximate surface area is 93.7 Å². The van der Waals surface area contributed by atoms with Crippen LogP contribution in [0.5, 0.6) is 5.75 Å². The number of hydrogen-bond donors (Lipinski definition) is 2. The number of phenols is 1. The van der Waals surface area contributed by atoms with Gasteiger partial charge in [-0.1, -0.05) is 26.8 Å². The highest BCUT2D eigenvalue weighted by molar-refractivity contribution is 5.90. The van der Waals surface area contributed by atoms with E-state index in [2.05, 4.69) is 4.98 Å². The van der Waals surface area contributed by atoms with Crippen LogP contribution in [0.2, 0.25) is 0 Å². The van der Waals surface area contributed by atoms with Gasteiger partial charge in [0.05, 0.1) is 5.39 Å². The summed E-state index contributed by atoms with van der Waals surface area (Å²) in [4.78, 5) is 14.4. The molecule has 2 aromatic rings. The van der Waals surface area contributed by atoms with Crippen LogP contribution in [0, 0.1) is 0 Å². The number of phenolic OH excluding ortho intramolecular Hbond substituents is 1. The van der Waals surface area contributed by atoms with Gasteiger partial charge in [-0.2, -0.15) is 0 Å². The molecule has 0 aliphatic rings. The van der Waals surface area contributed by atoms with Crippen molar-refractivity contribution in [3.05, 3.63) is 40.3 Å². The molecule has 0 aliphatic heterocycles. The van der Waals surface area contributed by atoms with Crippen molar-refractivity contribution in [3.63, 3.8) is 0 Å². The second kappa shape index (κ2) is 3.37. The number of hydrogen-bond acceptors (Lipinski definition) is 2. The number of rotatable bonds is 0. The van der Waals surface area contributed by atoms with Crippen molar-refractivity contribution in [2.75, 3.05) is 0 Å². The first-order valence-corrected chi connectivity index (χ1v) is 5.25. The second-order valence-electron chi connectivity index (χ2n) is 4.98. The molecular weight excluding hydrogens is 202 g/mol. The average Bonchev–Trinajstić information content (AvgIpc) is 2.18. The summed E-state index contributed by atoms with van der Waals surface area (Å²) in [5.74, 6) is 0.161. The molecule has 1 heterocycles. The fourth-order valence-corrected chi connectivity index (χ4v) is 1.89. The molecule has 3 nitrogen and oxygen atoms in total. The lowest BCUT2D eigenvalue weighted by molar-refractivity contribution is 0.479. The van der Waals surface area contributed by atoms with Crippen molar-refractivity contribution in [3.8, 4) is 5.75 Å². The Hall–Kier alpha value is -1.77. The van der Waals surface area contributed by atoms with Gasteiger partial charge in [-0.15, -0.1) is 0 Å². The van der Waals surface area contributed by atoms with Crippen molar-refractivity contribution < 1.29 is 5.11 Å². The van der Waals surface area contributed by atoms with Gasteiger partial charge in [-0.25, -0.2) is 0 Å². The number of benzene rings is 1. The van der Waals surface area contributed by atoms with Gasteiger partial charge in [-0.05, 0) is 23.1 Å². The number of aromatic amines is 1. The van der Waals surface area contributed by atoms with Gasteiger partial charge < -0.3 is 10.1 Å². The number of nitrogens with one attached hydrogen (secondary N) is 1. The molecule has 1 aromatic heterocycles. The highest BCUT2D eigenvalue weighted by Crippen LogP contribution is 2.32. The van der Waals surface area contributed by atoms with E-state index in [9.17, 15) is 9.90 Å². The minimum Gasteiger partial charge on any atom is -0.507 e. The lowest BCUT2D eigenvalue weighted by Gasteiger charge is -2.21. The number of fused-ring (bicyclic) bond motifs is 1. The van der Waals surface area contributed by atoms with Crippen molar-refractivity contribution in [1.29, 1.82) is 0 Å². The zero-order valence-corrected chi connectivity index (χ0v) is 9.66. The van der Waals surface area contributed by atoms with E-state index in [1.807, 2.05) is 20.8 Å². The minimum atomic E-state index is -0.168. The van der Waals surface area contributed by atoms with Crippen LogP contribution in [0.4, 0.5) is 0 Å². The molecule has 1 aromatic carbocycles. The topological polar surface area (TPSA) is 53.1 Å². The predicted octanol–water partition coefficient (Wildman–Crippen LogP) is 2.53. The minimum absolute atomic E-state index is 0.124. The summed E-state index contributed by atoms with van der Waals surface area (Å²) in [6.45, 7) is 6.14. The second-order valence-corrected chi connectivity index (χ2v) is 4.98. The first-order chi connectivity index (χ1) is 7.41. The molecule has 3 heteroatoms. The van der Waals surface area contributed by atoms with E-state index >= 15 is 0 Å². The van der Waals surface area contributed by atoms with Gasteiger partial charge in [0.1, 0.15) is 5.75 Å². The SMILES string of the molecule is CC(C)(C)c1c[nH]c(=O)c2cccc(O)c12. The van der Waals surface area contributed by atoms with Crippen LogP contribution in [0.1, 0.15) is 26.3 Å². The molecule has 0 unspecified atom stereocenters. The number of aromatic hydroxyl groups is 1. The summed E-state index contributed by atoms with van der Waals surface area (Å²) in [6.07, 6.45) is 1.68. The largest absolute Gasteiger partial charge is 0.507 e. The van der Waals surface area contributed by atoms with Crippen LogP contribution < -0.4 is 5.56 Å². The average molecular weight is 217 g/mol. The molecule has 0 aliphatic carbocycles. The van der Waals surface area contributed by atoms with E-state index < -0.39 is 0 Å². The van der Waals surface area contributed by atoms with Crippen molar-refractivity contribution >= 4 is 10.8 Å². The van der Waals surface area contributed by atoms with Crippen LogP contribution >= 0.6 is 0 Å². The summed E-state index contributed by atoms with van der Waals surface area (Å²) < 4.78 is 0. The van der Waals surface area contributed by atoms with Crippen LogP contribution in [0.25, 0.3) is 10.8 Å². The molecule has 0 saturated heterocycles. The Kier molecular flexibility index (Phi) is 2.26. The maximum Gasteiger partial charge on any atom is 0.255 e. The fourth-order valence-electron chi connectivity index (χ4n) is 1.89. The number of aromatic nitrogens is 1. The Morgan fingerprint density at radius 1 is 1.25 bits per heavy atom. The van der Waals surface area contributed by atoms with Gasteiger partial charge in [0.2, 0.25) is 0 Å². The maximum absolute atomic E-state index is 11.6. The fraction of sp³-hybridized carbons (Fsp3) is 0.308. The highest BCUT2D eigenvalue weighted by Gasteiger charge is 2.19. The van der Waals surface area contributed by atoms with E-state index in [1.165, 1.54) is 0 Å². The first kappa shape index (κ1) is 10.7. The van der Waals surface area contributed by atoms with Gasteiger partial charge >= 0.3 is 0 Å². The van der Waals surface area contributed by atoms with Gasteiger partial charge in [0.15, 0.2) is 0 Å².